The molecule has 0 aliphatic rings. The van der Waals surface area contributed by atoms with Gasteiger partial charge in [0.05, 0.1) is 18.0 Å². The molecule has 0 fully saturated rings. The first-order valence-electron chi connectivity index (χ1n) is 7.21. The number of aryl methyl sites for hydroxylation is 1. The van der Waals surface area contributed by atoms with Crippen molar-refractivity contribution in [3.63, 3.8) is 0 Å². The van der Waals surface area contributed by atoms with Crippen molar-refractivity contribution in [1.82, 2.24) is 5.32 Å². The van der Waals surface area contributed by atoms with E-state index in [1.165, 1.54) is 0 Å². The van der Waals surface area contributed by atoms with Gasteiger partial charge in [0.2, 0.25) is 0 Å². The molecule has 0 aliphatic carbocycles. The lowest BCUT2D eigenvalue weighted by Crippen LogP contribution is -2.28. The molecule has 5 heteroatoms. The van der Waals surface area contributed by atoms with Crippen LogP contribution in [0.15, 0.2) is 42.5 Å². The van der Waals surface area contributed by atoms with Crippen LogP contribution in [0.3, 0.4) is 0 Å². The van der Waals surface area contributed by atoms with E-state index in [2.05, 4.69) is 10.6 Å². The van der Waals surface area contributed by atoms with Gasteiger partial charge < -0.3 is 21.1 Å². The fourth-order valence-corrected chi connectivity index (χ4v) is 2.00. The molecular weight excluding hydrogens is 278 g/mol. The zero-order valence-corrected chi connectivity index (χ0v) is 12.8. The predicted molar refractivity (Wildman–Crippen MR) is 89.1 cm³/mol. The molecule has 0 radical (unpaired) electrons. The number of nitrogens with one attached hydrogen (secondary N) is 2. The Labute approximate surface area is 130 Å². The number of nitrogen functional groups attached to an aromatic ring is 1. The number of rotatable bonds is 5. The summed E-state index contributed by atoms with van der Waals surface area (Å²) in [5, 5.41) is 5.55. The van der Waals surface area contributed by atoms with Crippen LogP contribution < -0.4 is 21.1 Å². The van der Waals surface area contributed by atoms with Gasteiger partial charge in [-0.05, 0) is 49.2 Å². The molecule has 0 unspecified atom stereocenters. The number of carbonyl (C=O) groups is 1. The quantitative estimate of drug-likeness (QED) is 0.741. The summed E-state index contributed by atoms with van der Waals surface area (Å²) >= 11 is 0. The van der Waals surface area contributed by atoms with E-state index in [0.29, 0.717) is 24.5 Å². The Bertz CT molecular complexity index is 639. The van der Waals surface area contributed by atoms with Crippen LogP contribution in [0, 0.1) is 6.92 Å². The van der Waals surface area contributed by atoms with Crippen molar-refractivity contribution in [1.29, 1.82) is 0 Å². The van der Waals surface area contributed by atoms with Crippen molar-refractivity contribution in [3.05, 3.63) is 53.6 Å². The lowest BCUT2D eigenvalue weighted by atomic mass is 10.2. The second-order valence-electron chi connectivity index (χ2n) is 4.98. The number of anilines is 2. The molecule has 0 spiro atoms. The van der Waals surface area contributed by atoms with Crippen molar-refractivity contribution in [2.24, 2.45) is 0 Å². The van der Waals surface area contributed by atoms with E-state index < -0.39 is 0 Å². The molecular formula is C17H21N3O2. The number of ether oxygens (including phenoxy) is 1. The summed E-state index contributed by atoms with van der Waals surface area (Å²) in [6, 6.07) is 12.8. The van der Waals surface area contributed by atoms with Gasteiger partial charge in [-0.2, -0.15) is 0 Å². The molecule has 0 saturated heterocycles. The molecule has 2 amide bonds. The molecule has 0 aliphatic heterocycles. The van der Waals surface area contributed by atoms with Gasteiger partial charge >= 0.3 is 6.03 Å². The molecule has 0 saturated carbocycles. The van der Waals surface area contributed by atoms with Gasteiger partial charge in [0.1, 0.15) is 5.75 Å². The Hall–Kier alpha value is -2.69. The van der Waals surface area contributed by atoms with Crippen LogP contribution in [-0.2, 0) is 6.54 Å². The molecule has 5 nitrogen and oxygen atoms in total. The third-order valence-corrected chi connectivity index (χ3v) is 3.14. The summed E-state index contributed by atoms with van der Waals surface area (Å²) in [4.78, 5) is 11.9. The molecule has 0 bridgehead atoms. The molecule has 4 N–H and O–H groups in total. The number of hydrogen-bond donors (Lipinski definition) is 3. The van der Waals surface area contributed by atoms with Gasteiger partial charge in [0, 0.05) is 6.54 Å². The maximum Gasteiger partial charge on any atom is 0.319 e. The van der Waals surface area contributed by atoms with Crippen LogP contribution in [-0.4, -0.2) is 12.6 Å². The third-order valence-electron chi connectivity index (χ3n) is 3.14. The Morgan fingerprint density at radius 2 is 1.91 bits per heavy atom. The zero-order chi connectivity index (χ0) is 15.9. The van der Waals surface area contributed by atoms with Gasteiger partial charge in [0.15, 0.2) is 0 Å². The van der Waals surface area contributed by atoms with Crippen LogP contribution in [0.2, 0.25) is 0 Å². The topological polar surface area (TPSA) is 76.4 Å². The molecule has 22 heavy (non-hydrogen) atoms. The summed E-state index contributed by atoms with van der Waals surface area (Å²) in [6.45, 7) is 4.96. The average molecular weight is 299 g/mol. The molecule has 2 rings (SSSR count). The number of carbonyl (C=O) groups excluding carboxylic acids is 1. The van der Waals surface area contributed by atoms with E-state index in [9.17, 15) is 4.79 Å². The van der Waals surface area contributed by atoms with E-state index in [1.54, 1.807) is 6.07 Å². The first kappa shape index (κ1) is 15.7. The normalized spacial score (nSPS) is 10.1. The van der Waals surface area contributed by atoms with Crippen LogP contribution >= 0.6 is 0 Å². The van der Waals surface area contributed by atoms with Crippen LogP contribution in [0.1, 0.15) is 18.1 Å². The summed E-state index contributed by atoms with van der Waals surface area (Å²) < 4.78 is 5.38. The molecule has 0 aromatic heterocycles. The molecule has 116 valence electrons. The van der Waals surface area contributed by atoms with Crippen LogP contribution in [0.25, 0.3) is 0 Å². The van der Waals surface area contributed by atoms with Gasteiger partial charge in [-0.1, -0.05) is 18.2 Å². The fraction of sp³-hybridized carbons (Fsp3) is 0.235. The minimum atomic E-state index is -0.286. The Kier molecular flexibility index (Phi) is 5.25. The van der Waals surface area contributed by atoms with Crippen molar-refractivity contribution in [2.75, 3.05) is 17.7 Å². The van der Waals surface area contributed by atoms with E-state index >= 15 is 0 Å². The van der Waals surface area contributed by atoms with Crippen LogP contribution in [0.5, 0.6) is 5.75 Å². The van der Waals surface area contributed by atoms with Crippen molar-refractivity contribution < 1.29 is 9.53 Å². The smallest absolute Gasteiger partial charge is 0.319 e. The monoisotopic (exact) mass is 299 g/mol. The minimum Gasteiger partial charge on any atom is -0.494 e. The lowest BCUT2D eigenvalue weighted by molar-refractivity contribution is 0.252. The standard InChI is InChI=1S/C17H21N3O2/c1-3-22-14-7-5-13(6-8-14)11-19-17(21)20-16-10-12(2)4-9-15(16)18/h4-10H,3,11,18H2,1-2H3,(H2,19,20,21). The van der Waals surface area contributed by atoms with Gasteiger partial charge in [-0.3, -0.25) is 0 Å². The van der Waals surface area contributed by atoms with E-state index in [0.717, 1.165) is 16.9 Å². The average Bonchev–Trinajstić information content (AvgIpc) is 2.51. The fourth-order valence-electron chi connectivity index (χ4n) is 2.00. The van der Waals surface area contributed by atoms with Crippen molar-refractivity contribution in [2.45, 2.75) is 20.4 Å². The van der Waals surface area contributed by atoms with E-state index in [-0.39, 0.29) is 6.03 Å². The highest BCUT2D eigenvalue weighted by atomic mass is 16.5. The minimum absolute atomic E-state index is 0.286. The van der Waals surface area contributed by atoms with Gasteiger partial charge in [-0.15, -0.1) is 0 Å². The van der Waals surface area contributed by atoms with E-state index in [1.807, 2.05) is 50.2 Å². The maximum atomic E-state index is 11.9. The Morgan fingerprint density at radius 1 is 1.18 bits per heavy atom. The van der Waals surface area contributed by atoms with Crippen molar-refractivity contribution in [3.8, 4) is 5.75 Å². The number of urea groups is 1. The zero-order valence-electron chi connectivity index (χ0n) is 12.8. The molecule has 2 aromatic carbocycles. The molecule has 0 atom stereocenters. The Morgan fingerprint density at radius 3 is 2.59 bits per heavy atom. The highest BCUT2D eigenvalue weighted by Crippen LogP contribution is 2.19. The first-order chi connectivity index (χ1) is 10.6. The lowest BCUT2D eigenvalue weighted by Gasteiger charge is -2.11. The molecule has 0 heterocycles. The predicted octanol–water partition coefficient (Wildman–Crippen LogP) is 3.30. The third kappa shape index (κ3) is 4.41. The highest BCUT2D eigenvalue weighted by Gasteiger charge is 2.05. The number of amides is 2. The second-order valence-corrected chi connectivity index (χ2v) is 4.98. The highest BCUT2D eigenvalue weighted by molar-refractivity contribution is 5.92. The SMILES string of the molecule is CCOc1ccc(CNC(=O)Nc2cc(C)ccc2N)cc1. The largest absolute Gasteiger partial charge is 0.494 e. The summed E-state index contributed by atoms with van der Waals surface area (Å²) in [5.41, 5.74) is 9.03. The van der Waals surface area contributed by atoms with Crippen LogP contribution in [0.4, 0.5) is 16.2 Å². The second kappa shape index (κ2) is 7.36. The maximum absolute atomic E-state index is 11.9. The summed E-state index contributed by atoms with van der Waals surface area (Å²) in [5.74, 6) is 0.822. The van der Waals surface area contributed by atoms with Crippen molar-refractivity contribution >= 4 is 17.4 Å². The summed E-state index contributed by atoms with van der Waals surface area (Å²) in [6.07, 6.45) is 0. The first-order valence-corrected chi connectivity index (χ1v) is 7.21. The van der Waals surface area contributed by atoms with Gasteiger partial charge in [-0.25, -0.2) is 4.79 Å². The Balaban J connectivity index is 1.88. The number of hydrogen-bond acceptors (Lipinski definition) is 3. The number of nitrogens with two attached hydrogens (primary N) is 1. The molecule has 2 aromatic rings. The van der Waals surface area contributed by atoms with Gasteiger partial charge in [0.25, 0.3) is 0 Å². The number of benzene rings is 2. The summed E-state index contributed by atoms with van der Waals surface area (Å²) in [7, 11) is 0. The van der Waals surface area contributed by atoms with E-state index in [4.69, 9.17) is 10.5 Å².